The second kappa shape index (κ2) is 3.30. The molecule has 2 fully saturated rings. The van der Waals surface area contributed by atoms with Crippen LogP contribution in [0.15, 0.2) is 0 Å². The lowest BCUT2D eigenvalue weighted by atomic mass is 9.92. The van der Waals surface area contributed by atoms with Gasteiger partial charge in [-0.3, -0.25) is 15.2 Å². The molecule has 5 heteroatoms. The molecule has 2 saturated carbocycles. The zero-order valence-electron chi connectivity index (χ0n) is 9.42. The third kappa shape index (κ3) is 1.50. The van der Waals surface area contributed by atoms with Crippen molar-refractivity contribution in [3.05, 3.63) is 5.82 Å². The van der Waals surface area contributed by atoms with Crippen molar-refractivity contribution in [2.24, 2.45) is 11.3 Å². The van der Waals surface area contributed by atoms with Gasteiger partial charge in [-0.1, -0.05) is 6.42 Å². The van der Waals surface area contributed by atoms with Crippen molar-refractivity contribution in [2.75, 3.05) is 5.32 Å². The summed E-state index contributed by atoms with van der Waals surface area (Å²) in [5.41, 5.74) is 0.343. The third-order valence-electron chi connectivity index (χ3n) is 3.95. The second-order valence-corrected chi connectivity index (χ2v) is 5.04. The van der Waals surface area contributed by atoms with E-state index in [9.17, 15) is 4.79 Å². The molecule has 1 amide bonds. The number of nitrogens with zero attached hydrogens (tertiary/aromatic N) is 2. The minimum Gasteiger partial charge on any atom is -0.293 e. The van der Waals surface area contributed by atoms with Crippen molar-refractivity contribution in [3.8, 4) is 0 Å². The molecule has 86 valence electrons. The van der Waals surface area contributed by atoms with Crippen LogP contribution in [0.25, 0.3) is 0 Å². The second-order valence-electron chi connectivity index (χ2n) is 5.04. The number of amides is 1. The van der Waals surface area contributed by atoms with Crippen LogP contribution in [0, 0.1) is 18.3 Å². The summed E-state index contributed by atoms with van der Waals surface area (Å²) in [6, 6.07) is 0. The number of aryl methyl sites for hydroxylation is 1. The molecular weight excluding hydrogens is 204 g/mol. The summed E-state index contributed by atoms with van der Waals surface area (Å²) < 4.78 is 0. The maximum absolute atomic E-state index is 12.1. The van der Waals surface area contributed by atoms with Crippen LogP contribution in [0.3, 0.4) is 0 Å². The first kappa shape index (κ1) is 9.81. The molecule has 3 rings (SSSR count). The molecule has 16 heavy (non-hydrogen) atoms. The lowest BCUT2D eigenvalue weighted by Crippen LogP contribution is -2.27. The number of carbonyl (C=O) groups excluding carboxylic acids is 1. The van der Waals surface area contributed by atoms with Gasteiger partial charge < -0.3 is 0 Å². The molecule has 1 spiro atoms. The van der Waals surface area contributed by atoms with Crippen LogP contribution < -0.4 is 5.32 Å². The molecule has 1 atom stereocenters. The van der Waals surface area contributed by atoms with E-state index in [4.69, 9.17) is 0 Å². The van der Waals surface area contributed by atoms with E-state index in [1.165, 1.54) is 25.7 Å². The number of H-pyrrole nitrogens is 1. The number of hydrogen-bond donors (Lipinski definition) is 2. The van der Waals surface area contributed by atoms with Gasteiger partial charge >= 0.3 is 0 Å². The lowest BCUT2D eigenvalue weighted by Gasteiger charge is -2.16. The number of rotatable bonds is 2. The first-order chi connectivity index (χ1) is 7.70. The molecule has 1 unspecified atom stereocenters. The Hall–Kier alpha value is -1.39. The number of hydrogen-bond acceptors (Lipinski definition) is 3. The van der Waals surface area contributed by atoms with Crippen molar-refractivity contribution in [2.45, 2.75) is 39.0 Å². The number of anilines is 1. The van der Waals surface area contributed by atoms with Crippen molar-refractivity contribution >= 4 is 11.9 Å². The van der Waals surface area contributed by atoms with Gasteiger partial charge in [0.15, 0.2) is 0 Å². The Labute approximate surface area is 94.0 Å². The Bertz CT molecular complexity index is 421. The van der Waals surface area contributed by atoms with Crippen molar-refractivity contribution in [3.63, 3.8) is 0 Å². The van der Waals surface area contributed by atoms with Gasteiger partial charge in [-0.15, -0.1) is 5.10 Å². The van der Waals surface area contributed by atoms with Crippen LogP contribution in [0.5, 0.6) is 0 Å². The maximum Gasteiger partial charge on any atom is 0.248 e. The maximum atomic E-state index is 12.1. The van der Waals surface area contributed by atoms with Crippen LogP contribution >= 0.6 is 0 Å². The number of aromatic amines is 1. The third-order valence-corrected chi connectivity index (χ3v) is 3.95. The molecule has 2 aliphatic rings. The molecule has 2 N–H and O–H groups in total. The fraction of sp³-hybridized carbons (Fsp3) is 0.727. The van der Waals surface area contributed by atoms with Gasteiger partial charge in [0.2, 0.25) is 11.9 Å². The van der Waals surface area contributed by atoms with E-state index in [0.29, 0.717) is 11.4 Å². The highest BCUT2D eigenvalue weighted by atomic mass is 16.2. The first-order valence-electron chi connectivity index (χ1n) is 5.89. The Morgan fingerprint density at radius 1 is 1.50 bits per heavy atom. The monoisotopic (exact) mass is 220 g/mol. The van der Waals surface area contributed by atoms with Gasteiger partial charge in [-0.05, 0) is 38.0 Å². The van der Waals surface area contributed by atoms with E-state index in [0.717, 1.165) is 12.2 Å². The average molecular weight is 220 g/mol. The number of aromatic nitrogens is 3. The Balaban J connectivity index is 1.69. The molecule has 1 aromatic heterocycles. The molecule has 0 bridgehead atoms. The zero-order chi connectivity index (χ0) is 11.2. The van der Waals surface area contributed by atoms with Crippen LogP contribution in [-0.2, 0) is 4.79 Å². The predicted molar refractivity (Wildman–Crippen MR) is 58.8 cm³/mol. The van der Waals surface area contributed by atoms with E-state index in [1.807, 2.05) is 6.92 Å². The highest BCUT2D eigenvalue weighted by Gasteiger charge is 2.54. The van der Waals surface area contributed by atoms with Gasteiger partial charge in [0.05, 0.1) is 0 Å². The molecule has 0 aliphatic heterocycles. The molecule has 1 heterocycles. The van der Waals surface area contributed by atoms with Crippen LogP contribution in [0.1, 0.15) is 37.9 Å². The van der Waals surface area contributed by atoms with Crippen molar-refractivity contribution < 1.29 is 4.79 Å². The van der Waals surface area contributed by atoms with Gasteiger partial charge in [0.1, 0.15) is 5.82 Å². The van der Waals surface area contributed by atoms with Gasteiger partial charge in [-0.25, -0.2) is 0 Å². The standard InChI is InChI=1S/C11H16N4O/c1-7-12-10(15-14-7)13-9(16)8-3-2-4-11(8)5-6-11/h8H,2-6H2,1H3,(H2,12,13,14,15,16). The highest BCUT2D eigenvalue weighted by molar-refractivity contribution is 5.92. The fourth-order valence-corrected chi connectivity index (χ4v) is 2.90. The minimum atomic E-state index is 0.106. The molecule has 2 aliphatic carbocycles. The Morgan fingerprint density at radius 3 is 2.94 bits per heavy atom. The summed E-state index contributed by atoms with van der Waals surface area (Å²) in [6.45, 7) is 1.82. The predicted octanol–water partition coefficient (Wildman–Crippen LogP) is 1.63. The summed E-state index contributed by atoms with van der Waals surface area (Å²) in [5.74, 6) is 1.42. The molecule has 1 aromatic rings. The number of carbonyl (C=O) groups is 1. The van der Waals surface area contributed by atoms with Crippen molar-refractivity contribution in [1.29, 1.82) is 0 Å². The summed E-state index contributed by atoms with van der Waals surface area (Å²) >= 11 is 0. The van der Waals surface area contributed by atoms with Crippen LogP contribution in [0.4, 0.5) is 5.95 Å². The smallest absolute Gasteiger partial charge is 0.248 e. The quantitative estimate of drug-likeness (QED) is 0.795. The molecule has 0 radical (unpaired) electrons. The fourth-order valence-electron chi connectivity index (χ4n) is 2.90. The van der Waals surface area contributed by atoms with Gasteiger partial charge in [0, 0.05) is 5.92 Å². The minimum absolute atomic E-state index is 0.106. The van der Waals surface area contributed by atoms with E-state index >= 15 is 0 Å². The van der Waals surface area contributed by atoms with Crippen LogP contribution in [-0.4, -0.2) is 21.1 Å². The van der Waals surface area contributed by atoms with Gasteiger partial charge in [-0.2, -0.15) is 4.98 Å². The zero-order valence-corrected chi connectivity index (χ0v) is 9.42. The van der Waals surface area contributed by atoms with Crippen LogP contribution in [0.2, 0.25) is 0 Å². The first-order valence-corrected chi connectivity index (χ1v) is 5.89. The Morgan fingerprint density at radius 2 is 2.31 bits per heavy atom. The van der Waals surface area contributed by atoms with Crippen molar-refractivity contribution in [1.82, 2.24) is 15.2 Å². The molecular formula is C11H16N4O. The molecule has 5 nitrogen and oxygen atoms in total. The van der Waals surface area contributed by atoms with E-state index in [2.05, 4.69) is 20.5 Å². The summed E-state index contributed by atoms with van der Waals surface area (Å²) in [7, 11) is 0. The summed E-state index contributed by atoms with van der Waals surface area (Å²) in [5, 5.41) is 9.46. The Kier molecular flexibility index (Phi) is 2.02. The van der Waals surface area contributed by atoms with E-state index in [1.54, 1.807) is 0 Å². The normalized spacial score (nSPS) is 25.9. The summed E-state index contributed by atoms with van der Waals surface area (Å²) in [6.07, 6.45) is 5.87. The highest BCUT2D eigenvalue weighted by Crippen LogP contribution is 2.61. The summed E-state index contributed by atoms with van der Waals surface area (Å²) in [4.78, 5) is 16.2. The molecule has 0 aromatic carbocycles. The van der Waals surface area contributed by atoms with Gasteiger partial charge in [0.25, 0.3) is 0 Å². The SMILES string of the molecule is Cc1nc(NC(=O)C2CCCC23CC3)n[nH]1. The lowest BCUT2D eigenvalue weighted by molar-refractivity contribution is -0.121. The largest absolute Gasteiger partial charge is 0.293 e. The average Bonchev–Trinajstić information content (AvgIpc) is 2.68. The topological polar surface area (TPSA) is 70.7 Å². The molecule has 0 saturated heterocycles. The van der Waals surface area contributed by atoms with E-state index < -0.39 is 0 Å². The van der Waals surface area contributed by atoms with E-state index in [-0.39, 0.29) is 11.8 Å². The number of nitrogens with one attached hydrogen (secondary N) is 2.